The number of carbonyl (C=O) groups excluding carboxylic acids is 2. The summed E-state index contributed by atoms with van der Waals surface area (Å²) in [6, 6.07) is 9.88. The predicted octanol–water partition coefficient (Wildman–Crippen LogP) is 5.77. The average Bonchev–Trinajstić information content (AvgIpc) is 3.06. The summed E-state index contributed by atoms with van der Waals surface area (Å²) in [5.74, 6) is 2.69. The summed E-state index contributed by atoms with van der Waals surface area (Å²) >= 11 is 0. The first-order valence-corrected chi connectivity index (χ1v) is 11.5. The molecule has 4 aliphatic carbocycles. The molecule has 6 atom stereocenters. The lowest BCUT2D eigenvalue weighted by molar-refractivity contribution is -0.127. The van der Waals surface area contributed by atoms with Gasteiger partial charge in [-0.05, 0) is 91.7 Å². The number of ketones is 1. The van der Waals surface area contributed by atoms with Crippen LogP contribution in [0.2, 0.25) is 0 Å². The molecular formula is C26H33NO2. The van der Waals surface area contributed by atoms with E-state index in [9.17, 15) is 9.59 Å². The largest absolute Gasteiger partial charge is 0.326 e. The lowest BCUT2D eigenvalue weighted by Crippen LogP contribution is -2.51. The molecule has 0 aliphatic heterocycles. The topological polar surface area (TPSA) is 46.2 Å². The number of nitrogens with one attached hydrogen (secondary N) is 1. The molecule has 3 fully saturated rings. The molecule has 1 aromatic carbocycles. The molecule has 0 aromatic heterocycles. The van der Waals surface area contributed by atoms with Gasteiger partial charge in [0.2, 0.25) is 5.91 Å². The summed E-state index contributed by atoms with van der Waals surface area (Å²) in [6.07, 6.45) is 10.5. The van der Waals surface area contributed by atoms with Crippen LogP contribution in [0.1, 0.15) is 65.2 Å². The minimum absolute atomic E-state index is 0.113. The van der Waals surface area contributed by atoms with Crippen LogP contribution >= 0.6 is 0 Å². The standard InChI is InChI=1S/C26H33NO2/c1-25-14-12-19(28)16-17(25)8-9-20-21-10-11-23(26(21,2)15-13-22(20)25)24(29)27-18-6-4-3-5-7-18/h3-7,16,20-23H,8-15H2,1-2H3,(H,27,29)/t20?,21?,22?,23-,25+,26+/m1/s1. The van der Waals surface area contributed by atoms with E-state index in [1.807, 2.05) is 36.4 Å². The van der Waals surface area contributed by atoms with Gasteiger partial charge in [0, 0.05) is 18.0 Å². The molecule has 1 N–H and O–H groups in total. The van der Waals surface area contributed by atoms with Crippen LogP contribution in [0.4, 0.5) is 5.69 Å². The van der Waals surface area contributed by atoms with Crippen molar-refractivity contribution in [1.82, 2.24) is 0 Å². The van der Waals surface area contributed by atoms with Crippen LogP contribution in [-0.2, 0) is 9.59 Å². The van der Waals surface area contributed by atoms with Gasteiger partial charge in [-0.3, -0.25) is 9.59 Å². The number of hydrogen-bond donors (Lipinski definition) is 1. The number of allylic oxidation sites excluding steroid dienone is 1. The second-order valence-corrected chi connectivity index (χ2v) is 10.5. The van der Waals surface area contributed by atoms with E-state index in [-0.39, 0.29) is 22.7 Å². The lowest BCUT2D eigenvalue weighted by Gasteiger charge is -2.58. The molecule has 1 amide bonds. The van der Waals surface area contributed by atoms with E-state index in [1.54, 1.807) is 0 Å². The van der Waals surface area contributed by atoms with Crippen LogP contribution in [0.25, 0.3) is 0 Å². The van der Waals surface area contributed by atoms with Gasteiger partial charge in [0.25, 0.3) is 0 Å². The Morgan fingerprint density at radius 3 is 2.55 bits per heavy atom. The summed E-state index contributed by atoms with van der Waals surface area (Å²) in [6.45, 7) is 4.83. The van der Waals surface area contributed by atoms with Crippen molar-refractivity contribution in [1.29, 1.82) is 0 Å². The van der Waals surface area contributed by atoms with Crippen LogP contribution in [0, 0.1) is 34.5 Å². The van der Waals surface area contributed by atoms with Crippen LogP contribution in [0.3, 0.4) is 0 Å². The fraction of sp³-hybridized carbons (Fsp3) is 0.615. The Kier molecular flexibility index (Phi) is 4.49. The number of anilines is 1. The minimum Gasteiger partial charge on any atom is -0.326 e. The monoisotopic (exact) mass is 391 g/mol. The molecule has 29 heavy (non-hydrogen) atoms. The summed E-state index contributed by atoms with van der Waals surface area (Å²) in [5, 5.41) is 3.19. The van der Waals surface area contributed by atoms with E-state index in [0.29, 0.717) is 30.0 Å². The first-order valence-electron chi connectivity index (χ1n) is 11.5. The zero-order chi connectivity index (χ0) is 20.2. The molecule has 4 aliphatic rings. The number of fused-ring (bicyclic) bond motifs is 5. The highest BCUT2D eigenvalue weighted by Gasteiger charge is 2.60. The molecule has 154 valence electrons. The van der Waals surface area contributed by atoms with Crippen molar-refractivity contribution in [2.24, 2.45) is 34.5 Å². The molecule has 3 saturated carbocycles. The number of hydrogen-bond acceptors (Lipinski definition) is 2. The molecule has 0 heterocycles. The van der Waals surface area contributed by atoms with Crippen molar-refractivity contribution in [3.05, 3.63) is 42.0 Å². The average molecular weight is 392 g/mol. The van der Waals surface area contributed by atoms with Crippen molar-refractivity contribution in [2.75, 3.05) is 5.32 Å². The summed E-state index contributed by atoms with van der Waals surface area (Å²) < 4.78 is 0. The number of para-hydroxylation sites is 1. The molecule has 0 spiro atoms. The number of benzene rings is 1. The fourth-order valence-electron chi connectivity index (χ4n) is 7.74. The van der Waals surface area contributed by atoms with Crippen molar-refractivity contribution < 1.29 is 9.59 Å². The Bertz CT molecular complexity index is 859. The lowest BCUT2D eigenvalue weighted by atomic mass is 9.47. The van der Waals surface area contributed by atoms with E-state index < -0.39 is 0 Å². The fourth-order valence-corrected chi connectivity index (χ4v) is 7.74. The third-order valence-electron chi connectivity index (χ3n) is 9.32. The molecule has 3 nitrogen and oxygen atoms in total. The predicted molar refractivity (Wildman–Crippen MR) is 115 cm³/mol. The molecular weight excluding hydrogens is 358 g/mol. The van der Waals surface area contributed by atoms with Crippen molar-refractivity contribution in [3.8, 4) is 0 Å². The molecule has 0 radical (unpaired) electrons. The highest BCUT2D eigenvalue weighted by Crippen LogP contribution is 2.66. The van der Waals surface area contributed by atoms with Crippen molar-refractivity contribution >= 4 is 17.4 Å². The van der Waals surface area contributed by atoms with Gasteiger partial charge >= 0.3 is 0 Å². The molecule has 0 saturated heterocycles. The highest BCUT2D eigenvalue weighted by molar-refractivity contribution is 5.93. The van der Waals surface area contributed by atoms with E-state index in [4.69, 9.17) is 0 Å². The van der Waals surface area contributed by atoms with Gasteiger partial charge in [-0.15, -0.1) is 0 Å². The highest BCUT2D eigenvalue weighted by atomic mass is 16.2. The zero-order valence-corrected chi connectivity index (χ0v) is 17.7. The van der Waals surface area contributed by atoms with E-state index in [1.165, 1.54) is 24.8 Å². The molecule has 3 unspecified atom stereocenters. The van der Waals surface area contributed by atoms with Gasteiger partial charge in [0.1, 0.15) is 0 Å². The van der Waals surface area contributed by atoms with Gasteiger partial charge in [0.15, 0.2) is 5.78 Å². The molecule has 5 rings (SSSR count). The van der Waals surface area contributed by atoms with Crippen molar-refractivity contribution in [2.45, 2.75) is 65.2 Å². The Morgan fingerprint density at radius 2 is 1.76 bits per heavy atom. The van der Waals surface area contributed by atoms with E-state index in [2.05, 4.69) is 19.2 Å². The first-order chi connectivity index (χ1) is 13.9. The summed E-state index contributed by atoms with van der Waals surface area (Å²) in [4.78, 5) is 25.2. The minimum atomic E-state index is 0.113. The van der Waals surface area contributed by atoms with Crippen LogP contribution in [0.15, 0.2) is 42.0 Å². The van der Waals surface area contributed by atoms with Gasteiger partial charge in [-0.2, -0.15) is 0 Å². The molecule has 1 aromatic rings. The Morgan fingerprint density at radius 1 is 0.966 bits per heavy atom. The van der Waals surface area contributed by atoms with Crippen LogP contribution < -0.4 is 5.32 Å². The summed E-state index contributed by atoms with van der Waals surface area (Å²) in [5.41, 5.74) is 2.66. The molecule has 3 heteroatoms. The summed E-state index contributed by atoms with van der Waals surface area (Å²) in [7, 11) is 0. The van der Waals surface area contributed by atoms with Crippen LogP contribution in [-0.4, -0.2) is 11.7 Å². The first kappa shape index (κ1) is 19.1. The Balaban J connectivity index is 1.38. The number of amides is 1. The van der Waals surface area contributed by atoms with E-state index in [0.717, 1.165) is 31.4 Å². The quantitative estimate of drug-likeness (QED) is 0.695. The second kappa shape index (κ2) is 6.82. The third-order valence-corrected chi connectivity index (χ3v) is 9.32. The second-order valence-electron chi connectivity index (χ2n) is 10.5. The van der Waals surface area contributed by atoms with Gasteiger partial charge in [-0.25, -0.2) is 0 Å². The maximum absolute atomic E-state index is 13.2. The number of rotatable bonds is 2. The Labute approximate surface area is 174 Å². The smallest absolute Gasteiger partial charge is 0.228 e. The molecule has 0 bridgehead atoms. The maximum atomic E-state index is 13.2. The van der Waals surface area contributed by atoms with Crippen molar-refractivity contribution in [3.63, 3.8) is 0 Å². The SMILES string of the molecule is C[C@]12CCC(=O)C=C1CCC1C2CC[C@@]2(C)C1CC[C@@H]2C(=O)Nc1ccccc1. The van der Waals surface area contributed by atoms with Gasteiger partial charge in [-0.1, -0.05) is 37.6 Å². The zero-order valence-electron chi connectivity index (χ0n) is 17.7. The normalized spacial score (nSPS) is 41.0. The third kappa shape index (κ3) is 2.92. The van der Waals surface area contributed by atoms with Gasteiger partial charge in [0.05, 0.1) is 0 Å². The number of carbonyl (C=O) groups is 2. The Hall–Kier alpha value is -1.90. The van der Waals surface area contributed by atoms with Crippen LogP contribution in [0.5, 0.6) is 0 Å². The maximum Gasteiger partial charge on any atom is 0.228 e. The van der Waals surface area contributed by atoms with Gasteiger partial charge < -0.3 is 5.32 Å². The van der Waals surface area contributed by atoms with E-state index >= 15 is 0 Å².